The third-order valence-corrected chi connectivity index (χ3v) is 2.44. The molecule has 2 heterocycles. The van der Waals surface area contributed by atoms with Crippen molar-refractivity contribution < 1.29 is 14.3 Å². The van der Waals surface area contributed by atoms with Crippen LogP contribution >= 0.6 is 0 Å². The molecule has 0 spiro atoms. The largest absolute Gasteiger partial charge is 0.377 e. The highest BCUT2D eigenvalue weighted by molar-refractivity contribution is 6.05. The first kappa shape index (κ1) is 9.40. The van der Waals surface area contributed by atoms with Crippen LogP contribution < -0.4 is 0 Å². The summed E-state index contributed by atoms with van der Waals surface area (Å²) in [4.78, 5) is 23.9. The van der Waals surface area contributed by atoms with E-state index in [0.29, 0.717) is 13.2 Å². The Bertz CT molecular complexity index is 296. The zero-order valence-electron chi connectivity index (χ0n) is 7.99. The van der Waals surface area contributed by atoms with Gasteiger partial charge in [0.15, 0.2) is 5.78 Å². The smallest absolute Gasteiger partial charge is 0.230 e. The van der Waals surface area contributed by atoms with Crippen LogP contribution in [0, 0.1) is 0 Å². The molecule has 0 atom stereocenters. The van der Waals surface area contributed by atoms with Crippen LogP contribution in [-0.4, -0.2) is 42.9 Å². The molecule has 4 nitrogen and oxygen atoms in total. The Hall–Kier alpha value is -1.16. The third kappa shape index (κ3) is 2.01. The molecule has 0 aromatic heterocycles. The Balaban J connectivity index is 1.93. The van der Waals surface area contributed by atoms with E-state index in [0.717, 1.165) is 18.6 Å². The van der Waals surface area contributed by atoms with Gasteiger partial charge >= 0.3 is 0 Å². The lowest BCUT2D eigenvalue weighted by Crippen LogP contribution is -2.29. The predicted octanol–water partition coefficient (Wildman–Crippen LogP) is 0.135. The molecule has 1 amide bonds. The van der Waals surface area contributed by atoms with Crippen LogP contribution in [0.1, 0.15) is 12.8 Å². The van der Waals surface area contributed by atoms with Gasteiger partial charge in [-0.15, -0.1) is 0 Å². The fraction of sp³-hybridized carbons (Fsp3) is 0.600. The lowest BCUT2D eigenvalue weighted by molar-refractivity contribution is -0.127. The van der Waals surface area contributed by atoms with Gasteiger partial charge in [0.1, 0.15) is 0 Å². The molecule has 0 unspecified atom stereocenters. The minimum atomic E-state index is -0.0542. The second kappa shape index (κ2) is 3.92. The number of rotatable bonds is 2. The van der Waals surface area contributed by atoms with Gasteiger partial charge in [-0.3, -0.25) is 9.59 Å². The van der Waals surface area contributed by atoms with Crippen LogP contribution in [-0.2, 0) is 14.3 Å². The highest BCUT2D eigenvalue weighted by Crippen LogP contribution is 2.12. The van der Waals surface area contributed by atoms with Crippen LogP contribution in [0.15, 0.2) is 11.6 Å². The molecule has 4 heteroatoms. The zero-order valence-corrected chi connectivity index (χ0v) is 7.99. The lowest BCUT2D eigenvalue weighted by Gasteiger charge is -2.19. The number of Topliss-reactive ketones (excluding diaryl/α,β-unsaturated/α-hetero) is 1. The average molecular weight is 195 g/mol. The van der Waals surface area contributed by atoms with Crippen LogP contribution in [0.5, 0.6) is 0 Å². The summed E-state index contributed by atoms with van der Waals surface area (Å²) in [6, 6.07) is 0. The molecule has 0 N–H and O–H groups in total. The fourth-order valence-corrected chi connectivity index (χ4v) is 1.75. The van der Waals surface area contributed by atoms with E-state index in [1.165, 1.54) is 0 Å². The minimum absolute atomic E-state index is 0.0207. The van der Waals surface area contributed by atoms with Gasteiger partial charge in [0.05, 0.1) is 26.2 Å². The van der Waals surface area contributed by atoms with Crippen molar-refractivity contribution in [3.63, 3.8) is 0 Å². The van der Waals surface area contributed by atoms with E-state index in [9.17, 15) is 9.59 Å². The predicted molar refractivity (Wildman–Crippen MR) is 49.7 cm³/mol. The normalized spacial score (nSPS) is 22.9. The van der Waals surface area contributed by atoms with E-state index < -0.39 is 0 Å². The summed E-state index contributed by atoms with van der Waals surface area (Å²) in [7, 11) is 0. The number of carbonyl (C=O) groups is 2. The summed E-state index contributed by atoms with van der Waals surface area (Å²) < 4.78 is 5.26. The van der Waals surface area contributed by atoms with Crippen LogP contribution in [0.25, 0.3) is 0 Å². The van der Waals surface area contributed by atoms with E-state index in [2.05, 4.69) is 6.08 Å². The van der Waals surface area contributed by atoms with E-state index in [4.69, 9.17) is 4.74 Å². The monoisotopic (exact) mass is 195 g/mol. The molecule has 14 heavy (non-hydrogen) atoms. The highest BCUT2D eigenvalue weighted by atomic mass is 16.5. The second-order valence-corrected chi connectivity index (χ2v) is 3.67. The van der Waals surface area contributed by atoms with Crippen molar-refractivity contribution in [2.75, 3.05) is 26.3 Å². The van der Waals surface area contributed by atoms with E-state index in [1.54, 1.807) is 4.90 Å². The van der Waals surface area contributed by atoms with E-state index in [1.807, 2.05) is 0 Å². The number of hydrogen-bond donors (Lipinski definition) is 0. The van der Waals surface area contributed by atoms with Crippen molar-refractivity contribution in [2.24, 2.45) is 0 Å². The lowest BCUT2D eigenvalue weighted by atomic mass is 10.2. The summed E-state index contributed by atoms with van der Waals surface area (Å²) in [6.07, 6.45) is 3.08. The molecule has 0 radical (unpaired) electrons. The molecule has 0 bridgehead atoms. The molecule has 76 valence electrons. The topological polar surface area (TPSA) is 46.6 Å². The van der Waals surface area contributed by atoms with Crippen molar-refractivity contribution in [2.45, 2.75) is 12.8 Å². The summed E-state index contributed by atoms with van der Waals surface area (Å²) in [6.45, 7) is 2.19. The van der Waals surface area contributed by atoms with Crippen molar-refractivity contribution in [1.29, 1.82) is 0 Å². The van der Waals surface area contributed by atoms with Gasteiger partial charge in [0.2, 0.25) is 5.91 Å². The Kier molecular flexibility index (Phi) is 2.63. The summed E-state index contributed by atoms with van der Waals surface area (Å²) >= 11 is 0. The van der Waals surface area contributed by atoms with Crippen LogP contribution in [0.2, 0.25) is 0 Å². The fourth-order valence-electron chi connectivity index (χ4n) is 1.75. The van der Waals surface area contributed by atoms with Crippen LogP contribution in [0.4, 0.5) is 0 Å². The van der Waals surface area contributed by atoms with Gasteiger partial charge < -0.3 is 9.64 Å². The molecular formula is C10H13NO3. The maximum absolute atomic E-state index is 11.3. The van der Waals surface area contributed by atoms with Crippen molar-refractivity contribution in [3.8, 4) is 0 Å². The Morgan fingerprint density at radius 3 is 2.86 bits per heavy atom. The Labute approximate surface area is 82.5 Å². The molecule has 2 aliphatic heterocycles. The molecular weight excluding hydrogens is 182 g/mol. The van der Waals surface area contributed by atoms with Gasteiger partial charge in [0, 0.05) is 6.54 Å². The molecule has 0 aromatic carbocycles. The van der Waals surface area contributed by atoms with Crippen molar-refractivity contribution in [3.05, 3.63) is 11.6 Å². The molecule has 0 aliphatic carbocycles. The van der Waals surface area contributed by atoms with Gasteiger partial charge in [-0.2, -0.15) is 0 Å². The Morgan fingerprint density at radius 2 is 2.29 bits per heavy atom. The minimum Gasteiger partial charge on any atom is -0.377 e. The van der Waals surface area contributed by atoms with Crippen LogP contribution in [0.3, 0.4) is 0 Å². The van der Waals surface area contributed by atoms with Crippen molar-refractivity contribution in [1.82, 2.24) is 4.90 Å². The number of ketones is 1. The SMILES string of the molecule is O=C1CC(=O)N(CC2=CCCOC2)C1. The number of likely N-dealkylation sites (tertiary alicyclic amines) is 1. The first-order valence-corrected chi connectivity index (χ1v) is 4.81. The molecule has 1 fully saturated rings. The van der Waals surface area contributed by atoms with Gasteiger partial charge in [-0.25, -0.2) is 0 Å². The van der Waals surface area contributed by atoms with E-state index >= 15 is 0 Å². The Morgan fingerprint density at radius 1 is 1.43 bits per heavy atom. The summed E-state index contributed by atoms with van der Waals surface area (Å²) in [5.41, 5.74) is 1.11. The molecule has 1 saturated heterocycles. The first-order valence-electron chi connectivity index (χ1n) is 4.81. The number of ether oxygens (including phenoxy) is 1. The number of carbonyl (C=O) groups excluding carboxylic acids is 2. The molecule has 2 rings (SSSR count). The van der Waals surface area contributed by atoms with Gasteiger partial charge in [-0.05, 0) is 12.0 Å². The second-order valence-electron chi connectivity index (χ2n) is 3.67. The maximum Gasteiger partial charge on any atom is 0.230 e. The average Bonchev–Trinajstić information content (AvgIpc) is 2.47. The van der Waals surface area contributed by atoms with E-state index in [-0.39, 0.29) is 24.7 Å². The number of nitrogens with zero attached hydrogens (tertiary/aromatic N) is 1. The first-order chi connectivity index (χ1) is 6.75. The summed E-state index contributed by atoms with van der Waals surface area (Å²) in [5, 5.41) is 0. The zero-order chi connectivity index (χ0) is 9.97. The maximum atomic E-state index is 11.3. The molecule has 2 aliphatic rings. The van der Waals surface area contributed by atoms with Gasteiger partial charge in [0.25, 0.3) is 0 Å². The molecule has 0 saturated carbocycles. The van der Waals surface area contributed by atoms with Gasteiger partial charge in [-0.1, -0.05) is 6.08 Å². The molecule has 0 aromatic rings. The van der Waals surface area contributed by atoms with Crippen molar-refractivity contribution >= 4 is 11.7 Å². The number of amides is 1. The summed E-state index contributed by atoms with van der Waals surface area (Å²) in [5.74, 6) is -0.0335. The third-order valence-electron chi connectivity index (χ3n) is 2.44. The quantitative estimate of drug-likeness (QED) is 0.465. The highest BCUT2D eigenvalue weighted by Gasteiger charge is 2.27. The number of hydrogen-bond acceptors (Lipinski definition) is 3. The standard InChI is InChI=1S/C10H13NO3/c12-9-4-10(13)11(6-9)5-8-2-1-3-14-7-8/h2H,1,3-7H2.